The Balaban J connectivity index is 1.60. The van der Waals surface area contributed by atoms with Crippen LogP contribution in [0.5, 0.6) is 0 Å². The number of ether oxygens (including phenoxy) is 1. The molecule has 1 fully saturated rings. The van der Waals surface area contributed by atoms with E-state index in [0.717, 1.165) is 44.3 Å². The number of carbonyl (C=O) groups excluding carboxylic acids is 2. The second-order valence-corrected chi connectivity index (χ2v) is 6.79. The summed E-state index contributed by atoms with van der Waals surface area (Å²) >= 11 is 0. The Labute approximate surface area is 154 Å². The highest BCUT2D eigenvalue weighted by Gasteiger charge is 2.29. The van der Waals surface area contributed by atoms with Gasteiger partial charge in [-0.25, -0.2) is 4.79 Å². The average molecular weight is 354 g/mol. The van der Waals surface area contributed by atoms with Gasteiger partial charge in [-0.15, -0.1) is 0 Å². The van der Waals surface area contributed by atoms with Crippen molar-refractivity contribution in [3.8, 4) is 0 Å². The molecule has 0 spiro atoms. The number of likely N-dealkylation sites (tertiary alicyclic amines) is 1. The molecule has 5 heteroatoms. The van der Waals surface area contributed by atoms with E-state index >= 15 is 0 Å². The fourth-order valence-electron chi connectivity index (χ4n) is 3.35. The van der Waals surface area contributed by atoms with Crippen molar-refractivity contribution >= 4 is 12.0 Å². The molecule has 0 radical (unpaired) electrons. The van der Waals surface area contributed by atoms with Crippen molar-refractivity contribution in [1.82, 2.24) is 10.2 Å². The van der Waals surface area contributed by atoms with Crippen LogP contribution < -0.4 is 5.32 Å². The van der Waals surface area contributed by atoms with Crippen LogP contribution in [0.25, 0.3) is 0 Å². The molecule has 2 aliphatic rings. The standard InChI is InChI=1S/C21H26N2O3/c24-20(23-13-7-8-14-23)19(15-17-9-3-1-4-10-17)22-21(25)26-16-18-11-5-2-6-12-18/h1-3,5-6,9,11-12,19H,4,7-8,10,13-16H2,(H,22,25)/t19-/m0/s1. The monoisotopic (exact) mass is 354 g/mol. The van der Waals surface area contributed by atoms with Gasteiger partial charge in [-0.1, -0.05) is 54.1 Å². The molecule has 0 aromatic heterocycles. The zero-order valence-corrected chi connectivity index (χ0v) is 15.0. The molecule has 1 aromatic rings. The van der Waals surface area contributed by atoms with Crippen molar-refractivity contribution in [2.45, 2.75) is 44.8 Å². The lowest BCUT2D eigenvalue weighted by atomic mass is 9.97. The molecule has 1 atom stereocenters. The number of allylic oxidation sites excluding steroid dienone is 3. The third kappa shape index (κ3) is 5.22. The second-order valence-electron chi connectivity index (χ2n) is 6.79. The number of rotatable bonds is 6. The zero-order chi connectivity index (χ0) is 18.2. The van der Waals surface area contributed by atoms with E-state index in [4.69, 9.17) is 4.74 Å². The molecule has 1 saturated heterocycles. The van der Waals surface area contributed by atoms with E-state index in [1.54, 1.807) is 0 Å². The summed E-state index contributed by atoms with van der Waals surface area (Å²) < 4.78 is 5.31. The highest BCUT2D eigenvalue weighted by Crippen LogP contribution is 2.19. The molecule has 0 bridgehead atoms. The number of amides is 2. The molecule has 26 heavy (non-hydrogen) atoms. The number of hydrogen-bond acceptors (Lipinski definition) is 3. The van der Waals surface area contributed by atoms with Crippen LogP contribution >= 0.6 is 0 Å². The summed E-state index contributed by atoms with van der Waals surface area (Å²) in [5, 5.41) is 2.79. The molecule has 0 saturated carbocycles. The normalized spacial score (nSPS) is 17.5. The van der Waals surface area contributed by atoms with Crippen LogP contribution in [0.4, 0.5) is 4.79 Å². The molecule has 2 amide bonds. The van der Waals surface area contributed by atoms with Gasteiger partial charge in [0, 0.05) is 13.1 Å². The van der Waals surface area contributed by atoms with Crippen LogP contribution in [-0.4, -0.2) is 36.0 Å². The molecular weight excluding hydrogens is 328 g/mol. The topological polar surface area (TPSA) is 58.6 Å². The Hall–Kier alpha value is -2.56. The van der Waals surface area contributed by atoms with Crippen LogP contribution in [0.3, 0.4) is 0 Å². The number of benzene rings is 1. The first-order valence-electron chi connectivity index (χ1n) is 9.33. The molecule has 0 unspecified atom stereocenters. The van der Waals surface area contributed by atoms with Gasteiger partial charge in [0.1, 0.15) is 12.6 Å². The summed E-state index contributed by atoms with van der Waals surface area (Å²) in [6, 6.07) is 8.96. The van der Waals surface area contributed by atoms with Crippen molar-refractivity contribution < 1.29 is 14.3 Å². The average Bonchev–Trinajstić information content (AvgIpc) is 3.22. The van der Waals surface area contributed by atoms with Gasteiger partial charge in [0.05, 0.1) is 0 Å². The van der Waals surface area contributed by atoms with Gasteiger partial charge < -0.3 is 15.0 Å². The lowest BCUT2D eigenvalue weighted by Gasteiger charge is -2.25. The number of hydrogen-bond donors (Lipinski definition) is 1. The number of carbonyl (C=O) groups is 2. The van der Waals surface area contributed by atoms with Crippen molar-refractivity contribution in [1.29, 1.82) is 0 Å². The summed E-state index contributed by atoms with van der Waals surface area (Å²) in [4.78, 5) is 26.9. The highest BCUT2D eigenvalue weighted by atomic mass is 16.5. The SMILES string of the molecule is O=C(N[C@@H](CC1=CC=CCC1)C(=O)N1CCCC1)OCc1ccccc1. The zero-order valence-electron chi connectivity index (χ0n) is 15.0. The minimum absolute atomic E-state index is 0.00499. The summed E-state index contributed by atoms with van der Waals surface area (Å²) in [6.07, 6.45) is 10.1. The van der Waals surface area contributed by atoms with Gasteiger partial charge in [0.25, 0.3) is 0 Å². The molecule has 138 valence electrons. The highest BCUT2D eigenvalue weighted by molar-refractivity contribution is 5.86. The minimum atomic E-state index is -0.561. The maximum Gasteiger partial charge on any atom is 0.408 e. The summed E-state index contributed by atoms with van der Waals surface area (Å²) in [5.41, 5.74) is 2.11. The summed E-state index contributed by atoms with van der Waals surface area (Å²) in [6.45, 7) is 1.74. The van der Waals surface area contributed by atoms with Crippen molar-refractivity contribution in [2.75, 3.05) is 13.1 Å². The van der Waals surface area contributed by atoms with Gasteiger partial charge in [-0.3, -0.25) is 4.79 Å². The number of alkyl carbamates (subject to hydrolysis) is 1. The molecule has 1 aliphatic heterocycles. The molecule has 1 aromatic carbocycles. The first kappa shape index (κ1) is 18.2. The quantitative estimate of drug-likeness (QED) is 0.850. The first-order valence-corrected chi connectivity index (χ1v) is 9.33. The molecular formula is C21H26N2O3. The molecule has 5 nitrogen and oxygen atoms in total. The maximum absolute atomic E-state index is 12.8. The van der Waals surface area contributed by atoms with Crippen LogP contribution in [-0.2, 0) is 16.1 Å². The van der Waals surface area contributed by atoms with Crippen LogP contribution in [0, 0.1) is 0 Å². The van der Waals surface area contributed by atoms with Crippen molar-refractivity contribution in [2.24, 2.45) is 0 Å². The van der Waals surface area contributed by atoms with E-state index in [1.807, 2.05) is 47.4 Å². The van der Waals surface area contributed by atoms with E-state index < -0.39 is 12.1 Å². The van der Waals surface area contributed by atoms with Gasteiger partial charge in [0.2, 0.25) is 5.91 Å². The fourth-order valence-corrected chi connectivity index (χ4v) is 3.35. The molecule has 1 N–H and O–H groups in total. The lowest BCUT2D eigenvalue weighted by Crippen LogP contribution is -2.48. The summed E-state index contributed by atoms with van der Waals surface area (Å²) in [7, 11) is 0. The number of nitrogens with zero attached hydrogens (tertiary/aromatic N) is 1. The Morgan fingerprint density at radius 2 is 1.92 bits per heavy atom. The van der Waals surface area contributed by atoms with E-state index in [2.05, 4.69) is 11.4 Å². The first-order chi connectivity index (χ1) is 12.7. The van der Waals surface area contributed by atoms with E-state index in [0.29, 0.717) is 6.42 Å². The third-order valence-electron chi connectivity index (χ3n) is 4.79. The molecule has 1 heterocycles. The van der Waals surface area contributed by atoms with Gasteiger partial charge >= 0.3 is 6.09 Å². The Morgan fingerprint density at radius 1 is 1.15 bits per heavy atom. The minimum Gasteiger partial charge on any atom is -0.445 e. The van der Waals surface area contributed by atoms with Gasteiger partial charge in [0.15, 0.2) is 0 Å². The largest absolute Gasteiger partial charge is 0.445 e. The van der Waals surface area contributed by atoms with Crippen LogP contribution in [0.2, 0.25) is 0 Å². The predicted octanol–water partition coefficient (Wildman–Crippen LogP) is 3.57. The Kier molecular flexibility index (Phi) is 6.47. The lowest BCUT2D eigenvalue weighted by molar-refractivity contribution is -0.132. The maximum atomic E-state index is 12.8. The van der Waals surface area contributed by atoms with Gasteiger partial charge in [-0.05, 0) is 37.7 Å². The van der Waals surface area contributed by atoms with Crippen molar-refractivity contribution in [3.63, 3.8) is 0 Å². The van der Waals surface area contributed by atoms with E-state index in [-0.39, 0.29) is 12.5 Å². The van der Waals surface area contributed by atoms with E-state index in [9.17, 15) is 9.59 Å². The van der Waals surface area contributed by atoms with Gasteiger partial charge in [-0.2, -0.15) is 0 Å². The third-order valence-corrected chi connectivity index (χ3v) is 4.79. The Bertz CT molecular complexity index is 676. The molecule has 1 aliphatic carbocycles. The van der Waals surface area contributed by atoms with Crippen LogP contribution in [0.1, 0.15) is 37.7 Å². The molecule has 3 rings (SSSR count). The van der Waals surface area contributed by atoms with Crippen molar-refractivity contribution in [3.05, 3.63) is 59.7 Å². The fraction of sp³-hybridized carbons (Fsp3) is 0.429. The Morgan fingerprint density at radius 3 is 2.62 bits per heavy atom. The second kappa shape index (κ2) is 9.22. The van der Waals surface area contributed by atoms with Crippen LogP contribution in [0.15, 0.2) is 54.1 Å². The number of nitrogens with one attached hydrogen (secondary N) is 1. The smallest absolute Gasteiger partial charge is 0.408 e. The summed E-state index contributed by atoms with van der Waals surface area (Å²) in [5.74, 6) is -0.00499. The predicted molar refractivity (Wildman–Crippen MR) is 100 cm³/mol. The van der Waals surface area contributed by atoms with E-state index in [1.165, 1.54) is 5.57 Å².